The minimum Gasteiger partial charge on any atom is -0.357 e. The second-order valence-corrected chi connectivity index (χ2v) is 7.38. The predicted octanol–water partition coefficient (Wildman–Crippen LogP) is 3.41. The second-order valence-electron chi connectivity index (χ2n) is 5.18. The molecule has 0 radical (unpaired) electrons. The molecule has 2 aromatic rings. The molecule has 0 atom stereocenters. The molecule has 1 amide bonds. The van der Waals surface area contributed by atoms with Crippen molar-refractivity contribution in [1.82, 2.24) is 10.2 Å². The van der Waals surface area contributed by atoms with Crippen molar-refractivity contribution in [3.8, 4) is 0 Å². The average Bonchev–Trinajstić information content (AvgIpc) is 3.22. The lowest BCUT2D eigenvalue weighted by molar-refractivity contribution is -0.113. The minimum atomic E-state index is -0.0230. The number of hydrogen-bond acceptors (Lipinski definition) is 6. The van der Waals surface area contributed by atoms with E-state index >= 15 is 0 Å². The molecule has 0 spiro atoms. The van der Waals surface area contributed by atoms with Gasteiger partial charge in [-0.2, -0.15) is 0 Å². The Balaban J connectivity index is 1.47. The highest BCUT2D eigenvalue weighted by atomic mass is 32.2. The van der Waals surface area contributed by atoms with E-state index in [9.17, 15) is 4.79 Å². The standard InChI is InChI=1S/C15H18N4OS2/c1-2-10-4-3-5-12(8-10)16-13(20)9-21-15-19-18-14(22-15)17-11-6-7-11/h3-5,8,11H,2,6-7,9H2,1H3,(H,16,20)(H,17,18). The van der Waals surface area contributed by atoms with Crippen molar-refractivity contribution in [2.45, 2.75) is 36.6 Å². The van der Waals surface area contributed by atoms with Crippen molar-refractivity contribution in [1.29, 1.82) is 0 Å². The number of amides is 1. The zero-order valence-corrected chi connectivity index (χ0v) is 14.0. The first-order valence-electron chi connectivity index (χ1n) is 7.34. The molecule has 1 aliphatic rings. The van der Waals surface area contributed by atoms with Crippen molar-refractivity contribution in [2.75, 3.05) is 16.4 Å². The summed E-state index contributed by atoms with van der Waals surface area (Å²) in [6, 6.07) is 8.50. The molecule has 0 aliphatic heterocycles. The van der Waals surface area contributed by atoms with Crippen molar-refractivity contribution in [3.05, 3.63) is 29.8 Å². The Morgan fingerprint density at radius 1 is 1.41 bits per heavy atom. The summed E-state index contributed by atoms with van der Waals surface area (Å²) in [5.74, 6) is 0.319. The third-order valence-corrected chi connectivity index (χ3v) is 5.24. The predicted molar refractivity (Wildman–Crippen MR) is 91.7 cm³/mol. The first-order chi connectivity index (χ1) is 10.7. The number of thioether (sulfide) groups is 1. The summed E-state index contributed by atoms with van der Waals surface area (Å²) in [4.78, 5) is 12.0. The highest BCUT2D eigenvalue weighted by Gasteiger charge is 2.22. The van der Waals surface area contributed by atoms with Gasteiger partial charge in [0.1, 0.15) is 0 Å². The molecule has 7 heteroatoms. The molecular weight excluding hydrogens is 316 g/mol. The molecule has 5 nitrogen and oxygen atoms in total. The van der Waals surface area contributed by atoms with Gasteiger partial charge in [-0.25, -0.2) is 0 Å². The number of rotatable bonds is 7. The molecule has 3 rings (SSSR count). The molecule has 1 fully saturated rings. The average molecular weight is 334 g/mol. The van der Waals surface area contributed by atoms with Gasteiger partial charge in [0.05, 0.1) is 5.75 Å². The van der Waals surface area contributed by atoms with Crippen LogP contribution in [0.5, 0.6) is 0 Å². The number of aromatic nitrogens is 2. The fraction of sp³-hybridized carbons (Fsp3) is 0.400. The summed E-state index contributed by atoms with van der Waals surface area (Å²) in [5, 5.41) is 15.3. The van der Waals surface area contributed by atoms with Crippen LogP contribution >= 0.6 is 23.1 Å². The van der Waals surface area contributed by atoms with Crippen LogP contribution < -0.4 is 10.6 Å². The molecule has 0 saturated heterocycles. The molecule has 2 N–H and O–H groups in total. The fourth-order valence-corrected chi connectivity index (χ4v) is 3.55. The summed E-state index contributed by atoms with van der Waals surface area (Å²) in [5.41, 5.74) is 2.06. The highest BCUT2D eigenvalue weighted by molar-refractivity contribution is 8.01. The van der Waals surface area contributed by atoms with Gasteiger partial charge in [-0.3, -0.25) is 4.79 Å². The van der Waals surface area contributed by atoms with Crippen LogP contribution in [0.25, 0.3) is 0 Å². The molecule has 1 saturated carbocycles. The van der Waals surface area contributed by atoms with E-state index < -0.39 is 0 Å². The molecule has 1 aliphatic carbocycles. The van der Waals surface area contributed by atoms with Crippen LogP contribution in [-0.4, -0.2) is 27.9 Å². The van der Waals surface area contributed by atoms with Crippen molar-refractivity contribution < 1.29 is 4.79 Å². The monoisotopic (exact) mass is 334 g/mol. The smallest absolute Gasteiger partial charge is 0.234 e. The summed E-state index contributed by atoms with van der Waals surface area (Å²) in [6.45, 7) is 2.10. The van der Waals surface area contributed by atoms with Crippen LogP contribution in [-0.2, 0) is 11.2 Å². The van der Waals surface area contributed by atoms with Crippen molar-refractivity contribution in [3.63, 3.8) is 0 Å². The molecule has 1 aromatic carbocycles. The van der Waals surface area contributed by atoms with Crippen LogP contribution in [0.1, 0.15) is 25.3 Å². The number of nitrogens with one attached hydrogen (secondary N) is 2. The quantitative estimate of drug-likeness (QED) is 0.760. The van der Waals surface area contributed by atoms with E-state index in [4.69, 9.17) is 0 Å². The van der Waals surface area contributed by atoms with Gasteiger partial charge < -0.3 is 10.6 Å². The molecular formula is C15H18N4OS2. The normalized spacial score (nSPS) is 13.9. The van der Waals surface area contributed by atoms with Gasteiger partial charge in [0.15, 0.2) is 4.34 Å². The molecule has 1 heterocycles. The van der Waals surface area contributed by atoms with Gasteiger partial charge in [0.2, 0.25) is 11.0 Å². The third kappa shape index (κ3) is 4.45. The van der Waals surface area contributed by atoms with Crippen LogP contribution in [0, 0.1) is 0 Å². The van der Waals surface area contributed by atoms with E-state index in [1.165, 1.54) is 41.5 Å². The number of nitrogens with zero attached hydrogens (tertiary/aromatic N) is 2. The molecule has 22 heavy (non-hydrogen) atoms. The van der Waals surface area contributed by atoms with Gasteiger partial charge in [-0.05, 0) is 37.0 Å². The SMILES string of the molecule is CCc1cccc(NC(=O)CSc2nnc(NC3CC3)s2)c1. The maximum atomic E-state index is 12.0. The van der Waals surface area contributed by atoms with E-state index in [2.05, 4.69) is 33.8 Å². The summed E-state index contributed by atoms with van der Waals surface area (Å²) >= 11 is 2.92. The van der Waals surface area contributed by atoms with Gasteiger partial charge in [0.25, 0.3) is 0 Å². The van der Waals surface area contributed by atoms with E-state index in [0.717, 1.165) is 21.6 Å². The molecule has 0 bridgehead atoms. The van der Waals surface area contributed by atoms with E-state index in [-0.39, 0.29) is 5.91 Å². The first kappa shape index (κ1) is 15.3. The van der Waals surface area contributed by atoms with Gasteiger partial charge in [-0.1, -0.05) is 42.2 Å². The van der Waals surface area contributed by atoms with Gasteiger partial charge >= 0.3 is 0 Å². The Hall–Kier alpha value is -1.60. The number of carbonyl (C=O) groups excluding carboxylic acids is 1. The largest absolute Gasteiger partial charge is 0.357 e. The van der Waals surface area contributed by atoms with Gasteiger partial charge in [0, 0.05) is 11.7 Å². The highest BCUT2D eigenvalue weighted by Crippen LogP contribution is 2.30. The Kier molecular flexibility index (Phi) is 4.94. The number of aryl methyl sites for hydroxylation is 1. The maximum Gasteiger partial charge on any atom is 0.234 e. The van der Waals surface area contributed by atoms with E-state index in [1.807, 2.05) is 18.2 Å². The van der Waals surface area contributed by atoms with E-state index in [1.54, 1.807) is 0 Å². The Labute approximate surface area is 137 Å². The van der Waals surface area contributed by atoms with Gasteiger partial charge in [-0.15, -0.1) is 10.2 Å². The van der Waals surface area contributed by atoms with Crippen LogP contribution in [0.4, 0.5) is 10.8 Å². The minimum absolute atomic E-state index is 0.0230. The van der Waals surface area contributed by atoms with Crippen molar-refractivity contribution in [2.24, 2.45) is 0 Å². The Bertz CT molecular complexity index is 654. The fourth-order valence-electron chi connectivity index (χ4n) is 1.92. The summed E-state index contributed by atoms with van der Waals surface area (Å²) in [6.07, 6.45) is 3.38. The summed E-state index contributed by atoms with van der Waals surface area (Å²) in [7, 11) is 0. The number of carbonyl (C=O) groups is 1. The van der Waals surface area contributed by atoms with Crippen LogP contribution in [0.3, 0.4) is 0 Å². The zero-order chi connectivity index (χ0) is 15.4. The number of anilines is 2. The van der Waals surface area contributed by atoms with E-state index in [0.29, 0.717) is 11.8 Å². The first-order valence-corrected chi connectivity index (χ1v) is 9.15. The van der Waals surface area contributed by atoms with Crippen LogP contribution in [0.2, 0.25) is 0 Å². The van der Waals surface area contributed by atoms with Crippen molar-refractivity contribution >= 4 is 39.8 Å². The molecule has 0 unspecified atom stereocenters. The zero-order valence-electron chi connectivity index (χ0n) is 12.3. The summed E-state index contributed by atoms with van der Waals surface area (Å²) < 4.78 is 0.820. The molecule has 1 aromatic heterocycles. The van der Waals surface area contributed by atoms with Crippen LogP contribution in [0.15, 0.2) is 28.6 Å². The third-order valence-electron chi connectivity index (χ3n) is 3.26. The lowest BCUT2D eigenvalue weighted by Gasteiger charge is -2.05. The maximum absolute atomic E-state index is 12.0. The lowest BCUT2D eigenvalue weighted by atomic mass is 10.1. The molecule has 116 valence electrons. The Morgan fingerprint density at radius 2 is 2.27 bits per heavy atom. The number of benzene rings is 1. The second kappa shape index (κ2) is 7.11. The number of hydrogen-bond donors (Lipinski definition) is 2. The Morgan fingerprint density at radius 3 is 3.05 bits per heavy atom. The topological polar surface area (TPSA) is 66.9 Å². The lowest BCUT2D eigenvalue weighted by Crippen LogP contribution is -2.14.